The largest absolute Gasteiger partial charge is 0.481 e. The number of piperidine rings is 1. The number of nitrogens with zero attached hydrogens (tertiary/aromatic N) is 3. The monoisotopic (exact) mass is 361 g/mol. The third-order valence-corrected chi connectivity index (χ3v) is 4.40. The molecule has 2 heterocycles. The number of aromatic nitrogens is 2. The van der Waals surface area contributed by atoms with Crippen LogP contribution in [0.4, 0.5) is 13.2 Å². The molecule has 1 N–H and O–H groups in total. The Bertz CT molecular complexity index is 691. The second-order valence-electron chi connectivity index (χ2n) is 7.68. The number of carbonyl (C=O) groups is 2. The number of carboxylic acids is 1. The smallest absolute Gasteiger partial charge is 0.433 e. The average molecular weight is 361 g/mol. The Labute approximate surface area is 143 Å². The lowest BCUT2D eigenvalue weighted by Gasteiger charge is -2.37. The van der Waals surface area contributed by atoms with E-state index in [1.807, 2.05) is 0 Å². The van der Waals surface area contributed by atoms with Crippen LogP contribution in [0.15, 0.2) is 6.20 Å². The van der Waals surface area contributed by atoms with Gasteiger partial charge in [0.15, 0.2) is 5.69 Å². The fraction of sp³-hybridized carbons (Fsp3) is 0.688. The molecule has 25 heavy (non-hydrogen) atoms. The van der Waals surface area contributed by atoms with E-state index in [4.69, 9.17) is 0 Å². The summed E-state index contributed by atoms with van der Waals surface area (Å²) in [7, 11) is 0. The zero-order valence-electron chi connectivity index (χ0n) is 14.6. The summed E-state index contributed by atoms with van der Waals surface area (Å²) >= 11 is 0. The van der Waals surface area contributed by atoms with Crippen LogP contribution in [0.25, 0.3) is 0 Å². The van der Waals surface area contributed by atoms with Gasteiger partial charge in [0.25, 0.3) is 5.91 Å². The summed E-state index contributed by atoms with van der Waals surface area (Å²) in [5, 5.41) is 13.1. The van der Waals surface area contributed by atoms with Crippen LogP contribution in [0.3, 0.4) is 0 Å². The minimum Gasteiger partial charge on any atom is -0.481 e. The predicted octanol–water partition coefficient (Wildman–Crippen LogP) is 2.98. The molecule has 1 unspecified atom stereocenters. The van der Waals surface area contributed by atoms with Crippen LogP contribution in [0, 0.1) is 5.41 Å². The van der Waals surface area contributed by atoms with Gasteiger partial charge in [-0.05, 0) is 40.5 Å². The van der Waals surface area contributed by atoms with E-state index in [1.54, 1.807) is 20.8 Å². The van der Waals surface area contributed by atoms with Crippen molar-refractivity contribution in [2.45, 2.75) is 52.3 Å². The molecule has 1 saturated heterocycles. The Kier molecular flexibility index (Phi) is 4.65. The maximum Gasteiger partial charge on any atom is 0.433 e. The van der Waals surface area contributed by atoms with Crippen molar-refractivity contribution in [2.75, 3.05) is 13.1 Å². The molecular weight excluding hydrogens is 339 g/mol. The number of alkyl halides is 3. The lowest BCUT2D eigenvalue weighted by Crippen LogP contribution is -2.48. The molecule has 1 aromatic rings. The molecule has 0 aliphatic carbocycles. The van der Waals surface area contributed by atoms with Gasteiger partial charge in [0.2, 0.25) is 0 Å². The van der Waals surface area contributed by atoms with E-state index in [2.05, 4.69) is 5.10 Å². The van der Waals surface area contributed by atoms with Crippen LogP contribution in [0.1, 0.15) is 56.6 Å². The molecule has 2 rings (SSSR count). The van der Waals surface area contributed by atoms with E-state index in [-0.39, 0.29) is 13.1 Å². The number of carbonyl (C=O) groups excluding carboxylic acids is 1. The zero-order chi connectivity index (χ0) is 19.2. The molecule has 1 atom stereocenters. The summed E-state index contributed by atoms with van der Waals surface area (Å²) in [6, 6.07) is 0. The minimum absolute atomic E-state index is 0.126. The molecule has 1 fully saturated rings. The van der Waals surface area contributed by atoms with Gasteiger partial charge in [-0.15, -0.1) is 0 Å². The number of rotatable bonds is 2. The van der Waals surface area contributed by atoms with Crippen molar-refractivity contribution in [1.82, 2.24) is 14.7 Å². The molecule has 1 aromatic heterocycles. The Balaban J connectivity index is 2.43. The number of halogens is 3. The van der Waals surface area contributed by atoms with E-state index in [0.717, 1.165) is 10.9 Å². The quantitative estimate of drug-likeness (QED) is 0.879. The third kappa shape index (κ3) is 3.64. The maximum absolute atomic E-state index is 13.6. The zero-order valence-corrected chi connectivity index (χ0v) is 14.6. The molecule has 0 aromatic carbocycles. The average Bonchev–Trinajstić information content (AvgIpc) is 2.91. The lowest BCUT2D eigenvalue weighted by molar-refractivity contribution is -0.151. The number of amides is 1. The fourth-order valence-corrected chi connectivity index (χ4v) is 3.04. The van der Waals surface area contributed by atoms with Gasteiger partial charge < -0.3 is 10.0 Å². The fourth-order valence-electron chi connectivity index (χ4n) is 3.04. The molecule has 1 aliphatic rings. The van der Waals surface area contributed by atoms with Gasteiger partial charge in [0.1, 0.15) is 0 Å². The van der Waals surface area contributed by atoms with Gasteiger partial charge in [0, 0.05) is 13.1 Å². The standard InChI is InChI=1S/C16H22F3N3O3/c1-14(2,3)22-11(16(17,18)19)10(8-20-22)12(23)21-7-5-6-15(4,9-21)13(24)25/h8H,5-7,9H2,1-4H3,(H,24,25). The van der Waals surface area contributed by atoms with Crippen LogP contribution in [0.5, 0.6) is 0 Å². The first-order chi connectivity index (χ1) is 11.3. The summed E-state index contributed by atoms with van der Waals surface area (Å²) in [6.07, 6.45) is -3.04. The summed E-state index contributed by atoms with van der Waals surface area (Å²) in [5.74, 6) is -1.90. The molecule has 140 valence electrons. The second-order valence-corrected chi connectivity index (χ2v) is 7.68. The van der Waals surface area contributed by atoms with E-state index < -0.39 is 40.3 Å². The van der Waals surface area contributed by atoms with Crippen molar-refractivity contribution >= 4 is 11.9 Å². The van der Waals surface area contributed by atoms with Crippen LogP contribution >= 0.6 is 0 Å². The number of hydrogen-bond acceptors (Lipinski definition) is 3. The van der Waals surface area contributed by atoms with Gasteiger partial charge in [0.05, 0.1) is 22.7 Å². The van der Waals surface area contributed by atoms with Gasteiger partial charge in [-0.3, -0.25) is 14.3 Å². The topological polar surface area (TPSA) is 75.4 Å². The Morgan fingerprint density at radius 3 is 2.36 bits per heavy atom. The Morgan fingerprint density at radius 2 is 1.88 bits per heavy atom. The first-order valence-corrected chi connectivity index (χ1v) is 7.96. The van der Waals surface area contributed by atoms with Gasteiger partial charge in [-0.2, -0.15) is 18.3 Å². The highest BCUT2D eigenvalue weighted by Gasteiger charge is 2.45. The van der Waals surface area contributed by atoms with Gasteiger partial charge in [-0.25, -0.2) is 0 Å². The first kappa shape index (κ1) is 19.3. The van der Waals surface area contributed by atoms with Crippen LogP contribution < -0.4 is 0 Å². The number of likely N-dealkylation sites (tertiary alicyclic amines) is 1. The van der Waals surface area contributed by atoms with E-state index >= 15 is 0 Å². The van der Waals surface area contributed by atoms with E-state index in [9.17, 15) is 27.9 Å². The highest BCUT2D eigenvalue weighted by atomic mass is 19.4. The molecule has 6 nitrogen and oxygen atoms in total. The van der Waals surface area contributed by atoms with Crippen molar-refractivity contribution in [3.8, 4) is 0 Å². The molecule has 0 spiro atoms. The van der Waals surface area contributed by atoms with Gasteiger partial charge >= 0.3 is 12.1 Å². The van der Waals surface area contributed by atoms with Crippen molar-refractivity contribution < 1.29 is 27.9 Å². The predicted molar refractivity (Wildman–Crippen MR) is 83.1 cm³/mol. The molecule has 0 saturated carbocycles. The number of carboxylic acid groups (broad SMARTS) is 1. The molecule has 1 aliphatic heterocycles. The highest BCUT2D eigenvalue weighted by molar-refractivity contribution is 5.96. The normalized spacial score (nSPS) is 22.1. The van der Waals surface area contributed by atoms with Crippen LogP contribution in [0.2, 0.25) is 0 Å². The highest BCUT2D eigenvalue weighted by Crippen LogP contribution is 2.37. The third-order valence-electron chi connectivity index (χ3n) is 4.40. The van der Waals surface area contributed by atoms with Gasteiger partial charge in [-0.1, -0.05) is 0 Å². The van der Waals surface area contributed by atoms with E-state index in [0.29, 0.717) is 12.8 Å². The molecule has 1 amide bonds. The van der Waals surface area contributed by atoms with Crippen molar-refractivity contribution in [3.05, 3.63) is 17.5 Å². The summed E-state index contributed by atoms with van der Waals surface area (Å²) < 4.78 is 41.5. The van der Waals surface area contributed by atoms with Crippen LogP contribution in [-0.2, 0) is 16.5 Å². The molecule has 9 heteroatoms. The van der Waals surface area contributed by atoms with Crippen molar-refractivity contribution in [1.29, 1.82) is 0 Å². The minimum atomic E-state index is -4.75. The molecule has 0 radical (unpaired) electrons. The maximum atomic E-state index is 13.6. The Morgan fingerprint density at radius 1 is 1.28 bits per heavy atom. The molecular formula is C16H22F3N3O3. The lowest BCUT2D eigenvalue weighted by atomic mass is 9.82. The van der Waals surface area contributed by atoms with Crippen LogP contribution in [-0.4, -0.2) is 44.8 Å². The Hall–Kier alpha value is -2.06. The van der Waals surface area contributed by atoms with Crippen molar-refractivity contribution in [2.24, 2.45) is 5.41 Å². The summed E-state index contributed by atoms with van der Waals surface area (Å²) in [5.41, 5.74) is -3.77. The first-order valence-electron chi connectivity index (χ1n) is 7.96. The van der Waals surface area contributed by atoms with Crippen molar-refractivity contribution in [3.63, 3.8) is 0 Å². The SMILES string of the molecule is CC1(C(=O)O)CCCN(C(=O)c2cnn(C(C)(C)C)c2C(F)(F)F)C1. The summed E-state index contributed by atoms with van der Waals surface area (Å²) in [4.78, 5) is 25.3. The number of aliphatic carboxylic acids is 1. The second kappa shape index (κ2) is 6.03. The molecule has 0 bridgehead atoms. The number of hydrogen-bond donors (Lipinski definition) is 1. The summed E-state index contributed by atoms with van der Waals surface area (Å²) in [6.45, 7) is 6.28. The van der Waals surface area contributed by atoms with E-state index in [1.165, 1.54) is 11.8 Å².